The van der Waals surface area contributed by atoms with Gasteiger partial charge in [-0.25, -0.2) is 4.39 Å². The molecule has 4 aromatic rings. The molecule has 0 amide bonds. The zero-order valence-corrected chi connectivity index (χ0v) is 18.7. The first-order valence-electron chi connectivity index (χ1n) is 11.0. The van der Waals surface area contributed by atoms with Crippen molar-refractivity contribution in [3.05, 3.63) is 59.7 Å². The highest BCUT2D eigenvalue weighted by Gasteiger charge is 2.21. The summed E-state index contributed by atoms with van der Waals surface area (Å²) in [5, 5.41) is 27.0. The number of benzene rings is 2. The van der Waals surface area contributed by atoms with Crippen LogP contribution in [0.5, 0.6) is 11.6 Å². The molecule has 168 valence electrons. The molecule has 0 spiro atoms. The number of pyridine rings is 1. The Kier molecular flexibility index (Phi) is 6.19. The molecule has 2 heterocycles. The molecule has 4 rings (SSSR count). The fourth-order valence-corrected chi connectivity index (χ4v) is 4.28. The van der Waals surface area contributed by atoms with E-state index in [0.717, 1.165) is 47.2 Å². The predicted molar refractivity (Wildman–Crippen MR) is 127 cm³/mol. The van der Waals surface area contributed by atoms with E-state index in [1.54, 1.807) is 22.9 Å². The van der Waals surface area contributed by atoms with Crippen molar-refractivity contribution >= 4 is 27.4 Å². The highest BCUT2D eigenvalue weighted by Crippen LogP contribution is 2.44. The van der Waals surface area contributed by atoms with Crippen molar-refractivity contribution in [1.82, 2.24) is 14.5 Å². The largest absolute Gasteiger partial charge is 0.505 e. The van der Waals surface area contributed by atoms with Crippen molar-refractivity contribution < 1.29 is 14.6 Å². The Bertz CT molecular complexity index is 1250. The van der Waals surface area contributed by atoms with Gasteiger partial charge in [0.25, 0.3) is 0 Å². The number of aromatic nitrogens is 2. The standard InChI is InChI=1S/C25H29FN4O2/c1-4-29(5-2)10-11-30-15-20-21(25(30)32)24(31)23-19(22(20)27-3)13-17(14-28-23)12-16-6-8-18(26)9-7-16/h6-9,13-15,27,31-32H,4-5,10-12H2,1-3H3. The number of rotatable bonds is 8. The van der Waals surface area contributed by atoms with E-state index in [4.69, 9.17) is 0 Å². The summed E-state index contributed by atoms with van der Waals surface area (Å²) in [5.41, 5.74) is 3.16. The van der Waals surface area contributed by atoms with Crippen LogP contribution < -0.4 is 5.32 Å². The average Bonchev–Trinajstić information content (AvgIpc) is 3.12. The summed E-state index contributed by atoms with van der Waals surface area (Å²) in [6.45, 7) is 7.53. The number of phenolic OH excluding ortho intramolecular Hbond substituents is 1. The number of nitrogens with one attached hydrogen (secondary N) is 1. The first-order valence-corrected chi connectivity index (χ1v) is 11.0. The summed E-state index contributed by atoms with van der Waals surface area (Å²) in [6.07, 6.45) is 4.19. The van der Waals surface area contributed by atoms with Crippen molar-refractivity contribution in [3.8, 4) is 11.6 Å². The molecule has 0 aliphatic carbocycles. The summed E-state index contributed by atoms with van der Waals surface area (Å²) in [7, 11) is 1.82. The Labute approximate surface area is 186 Å². The molecule has 0 saturated carbocycles. The van der Waals surface area contributed by atoms with Gasteiger partial charge in [0.05, 0.1) is 11.1 Å². The summed E-state index contributed by atoms with van der Waals surface area (Å²) < 4.78 is 15.0. The molecule has 32 heavy (non-hydrogen) atoms. The molecule has 0 bridgehead atoms. The van der Waals surface area contributed by atoms with Crippen LogP contribution in [0.4, 0.5) is 10.1 Å². The van der Waals surface area contributed by atoms with Gasteiger partial charge in [0.2, 0.25) is 5.88 Å². The summed E-state index contributed by atoms with van der Waals surface area (Å²) in [5.74, 6) is -0.248. The van der Waals surface area contributed by atoms with Crippen molar-refractivity contribution in [3.63, 3.8) is 0 Å². The molecule has 0 saturated heterocycles. The molecule has 0 atom stereocenters. The van der Waals surface area contributed by atoms with Crippen molar-refractivity contribution in [2.24, 2.45) is 0 Å². The number of fused-ring (bicyclic) bond motifs is 2. The third-order valence-electron chi connectivity index (χ3n) is 6.12. The molecule has 2 aromatic heterocycles. The molecule has 7 heteroatoms. The van der Waals surface area contributed by atoms with Gasteiger partial charge >= 0.3 is 0 Å². The second-order valence-corrected chi connectivity index (χ2v) is 7.98. The maximum absolute atomic E-state index is 13.2. The molecule has 6 nitrogen and oxygen atoms in total. The van der Waals surface area contributed by atoms with Crippen LogP contribution in [0.2, 0.25) is 0 Å². The number of nitrogens with zero attached hydrogens (tertiary/aromatic N) is 3. The van der Waals surface area contributed by atoms with Crippen molar-refractivity contribution in [1.29, 1.82) is 0 Å². The molecule has 0 aliphatic heterocycles. The van der Waals surface area contributed by atoms with Gasteiger partial charge in [-0.15, -0.1) is 0 Å². The predicted octanol–water partition coefficient (Wildman–Crippen LogP) is 4.71. The minimum absolute atomic E-state index is 0.0265. The third-order valence-corrected chi connectivity index (χ3v) is 6.12. The van der Waals surface area contributed by atoms with Crippen molar-refractivity contribution in [2.45, 2.75) is 26.8 Å². The van der Waals surface area contributed by atoms with E-state index in [1.165, 1.54) is 12.1 Å². The fourth-order valence-electron chi connectivity index (χ4n) is 4.28. The van der Waals surface area contributed by atoms with Gasteiger partial charge in [-0.1, -0.05) is 26.0 Å². The number of phenols is 1. The van der Waals surface area contributed by atoms with E-state index < -0.39 is 0 Å². The van der Waals surface area contributed by atoms with Gasteiger partial charge in [-0.05, 0) is 48.8 Å². The Morgan fingerprint density at radius 2 is 1.78 bits per heavy atom. The monoisotopic (exact) mass is 436 g/mol. The third kappa shape index (κ3) is 3.96. The fraction of sp³-hybridized carbons (Fsp3) is 0.320. The molecule has 2 aromatic carbocycles. The molecule has 3 N–H and O–H groups in total. The lowest BCUT2D eigenvalue weighted by molar-refractivity contribution is 0.283. The van der Waals surface area contributed by atoms with Crippen LogP contribution in [-0.4, -0.2) is 51.3 Å². The van der Waals surface area contributed by atoms with Crippen LogP contribution in [0.25, 0.3) is 21.7 Å². The number of hydrogen-bond acceptors (Lipinski definition) is 5. The van der Waals surface area contributed by atoms with Crippen molar-refractivity contribution in [2.75, 3.05) is 32.0 Å². The van der Waals surface area contributed by atoms with E-state index in [1.807, 2.05) is 19.3 Å². The second-order valence-electron chi connectivity index (χ2n) is 7.98. The van der Waals surface area contributed by atoms with Gasteiger partial charge < -0.3 is 25.0 Å². The second kappa shape index (κ2) is 9.04. The van der Waals surface area contributed by atoms with E-state index in [9.17, 15) is 14.6 Å². The highest BCUT2D eigenvalue weighted by molar-refractivity contribution is 6.16. The van der Waals surface area contributed by atoms with Gasteiger partial charge in [-0.3, -0.25) is 4.98 Å². The zero-order chi connectivity index (χ0) is 22.8. The Hall–Kier alpha value is -3.32. The number of hydrogen-bond donors (Lipinski definition) is 3. The minimum Gasteiger partial charge on any atom is -0.505 e. The lowest BCUT2D eigenvalue weighted by atomic mass is 10.0. The van der Waals surface area contributed by atoms with Crippen LogP contribution in [0.15, 0.2) is 42.7 Å². The SMILES string of the molecule is CCN(CC)CCn1cc2c(NC)c3cc(Cc4ccc(F)cc4)cnc3c(O)c2c1O. The van der Waals surface area contributed by atoms with Crippen LogP contribution in [0.1, 0.15) is 25.0 Å². The lowest BCUT2D eigenvalue weighted by Gasteiger charge is -2.18. The number of anilines is 1. The van der Waals surface area contributed by atoms with E-state index in [-0.39, 0.29) is 17.4 Å². The quantitative estimate of drug-likeness (QED) is 0.349. The summed E-state index contributed by atoms with van der Waals surface area (Å²) in [4.78, 5) is 6.79. The minimum atomic E-state index is -0.263. The zero-order valence-electron chi connectivity index (χ0n) is 18.7. The van der Waals surface area contributed by atoms with Gasteiger partial charge in [0, 0.05) is 43.3 Å². The Morgan fingerprint density at radius 1 is 1.06 bits per heavy atom. The normalized spacial score (nSPS) is 11.7. The first-order chi connectivity index (χ1) is 15.5. The number of aromatic hydroxyl groups is 2. The molecular weight excluding hydrogens is 407 g/mol. The number of halogens is 1. The molecule has 0 radical (unpaired) electrons. The summed E-state index contributed by atoms with van der Waals surface area (Å²) >= 11 is 0. The number of likely N-dealkylation sites (N-methyl/N-ethyl adjacent to an activating group) is 1. The summed E-state index contributed by atoms with van der Waals surface area (Å²) in [6, 6.07) is 8.39. The highest BCUT2D eigenvalue weighted by atomic mass is 19.1. The van der Waals surface area contributed by atoms with E-state index >= 15 is 0 Å². The van der Waals surface area contributed by atoms with Gasteiger partial charge in [-0.2, -0.15) is 0 Å². The molecule has 0 unspecified atom stereocenters. The topological polar surface area (TPSA) is 73.6 Å². The van der Waals surface area contributed by atoms with Gasteiger partial charge in [0.15, 0.2) is 5.75 Å². The van der Waals surface area contributed by atoms with Crippen LogP contribution in [0, 0.1) is 5.82 Å². The van der Waals surface area contributed by atoms with E-state index in [0.29, 0.717) is 23.9 Å². The smallest absolute Gasteiger partial charge is 0.203 e. The van der Waals surface area contributed by atoms with Crippen LogP contribution >= 0.6 is 0 Å². The average molecular weight is 437 g/mol. The Balaban J connectivity index is 1.79. The van der Waals surface area contributed by atoms with Crippen LogP contribution in [0.3, 0.4) is 0 Å². The molecular formula is C25H29FN4O2. The maximum atomic E-state index is 13.2. The van der Waals surface area contributed by atoms with Gasteiger partial charge in [0.1, 0.15) is 11.3 Å². The Morgan fingerprint density at radius 3 is 2.44 bits per heavy atom. The maximum Gasteiger partial charge on any atom is 0.203 e. The van der Waals surface area contributed by atoms with E-state index in [2.05, 4.69) is 29.0 Å². The molecule has 0 fully saturated rings. The van der Waals surface area contributed by atoms with Crippen LogP contribution in [-0.2, 0) is 13.0 Å². The first kappa shape index (κ1) is 21.9. The molecule has 0 aliphatic rings. The lowest BCUT2D eigenvalue weighted by Crippen LogP contribution is -2.26.